The van der Waals surface area contributed by atoms with Crippen LogP contribution in [0.3, 0.4) is 0 Å². The lowest BCUT2D eigenvalue weighted by atomic mass is 10.2. The normalized spacial score (nSPS) is 24.4. The van der Waals surface area contributed by atoms with E-state index in [-0.39, 0.29) is 21.2 Å². The van der Waals surface area contributed by atoms with Crippen LogP contribution in [0.25, 0.3) is 0 Å². The van der Waals surface area contributed by atoms with E-state index < -0.39 is 9.84 Å². The van der Waals surface area contributed by atoms with E-state index in [1.807, 2.05) is 0 Å². The SMILES string of the molecule is CNC1CCCC1S(=O)(=O)c1ccc(Cl)c(Cl)c1. The summed E-state index contributed by atoms with van der Waals surface area (Å²) in [6.07, 6.45) is 2.51. The number of sulfone groups is 1. The summed E-state index contributed by atoms with van der Waals surface area (Å²) in [4.78, 5) is 0.254. The van der Waals surface area contributed by atoms with Crippen LogP contribution in [0.4, 0.5) is 0 Å². The van der Waals surface area contributed by atoms with E-state index in [9.17, 15) is 8.42 Å². The van der Waals surface area contributed by atoms with Gasteiger partial charge in [-0.15, -0.1) is 0 Å². The van der Waals surface area contributed by atoms with Gasteiger partial charge in [-0.3, -0.25) is 0 Å². The summed E-state index contributed by atoms with van der Waals surface area (Å²) in [7, 11) is -1.55. The smallest absolute Gasteiger partial charge is 0.182 e. The lowest BCUT2D eigenvalue weighted by molar-refractivity contribution is 0.538. The molecular weight excluding hydrogens is 293 g/mol. The molecule has 3 nitrogen and oxygen atoms in total. The van der Waals surface area contributed by atoms with Crippen LogP contribution in [-0.4, -0.2) is 26.8 Å². The van der Waals surface area contributed by atoms with Gasteiger partial charge in [0.25, 0.3) is 0 Å². The highest BCUT2D eigenvalue weighted by Crippen LogP contribution is 2.32. The van der Waals surface area contributed by atoms with E-state index in [2.05, 4.69) is 5.32 Å². The second-order valence-corrected chi connectivity index (χ2v) is 7.47. The summed E-state index contributed by atoms with van der Waals surface area (Å²) >= 11 is 11.7. The summed E-state index contributed by atoms with van der Waals surface area (Å²) in [5, 5.41) is 3.34. The Morgan fingerprint density at radius 1 is 1.22 bits per heavy atom. The molecule has 0 aliphatic heterocycles. The highest BCUT2D eigenvalue weighted by atomic mass is 35.5. The average molecular weight is 308 g/mol. The molecule has 2 unspecified atom stereocenters. The van der Waals surface area contributed by atoms with E-state index in [4.69, 9.17) is 23.2 Å². The van der Waals surface area contributed by atoms with Crippen molar-refractivity contribution in [2.75, 3.05) is 7.05 Å². The number of rotatable bonds is 3. The summed E-state index contributed by atoms with van der Waals surface area (Å²) in [6.45, 7) is 0. The van der Waals surface area contributed by atoms with E-state index in [0.717, 1.165) is 12.8 Å². The standard InChI is InChI=1S/C12H15Cl2NO2S/c1-15-11-3-2-4-12(11)18(16,17)8-5-6-9(13)10(14)7-8/h5-7,11-12,15H,2-4H2,1H3. The van der Waals surface area contributed by atoms with Crippen LogP contribution in [0, 0.1) is 0 Å². The zero-order chi connectivity index (χ0) is 13.3. The van der Waals surface area contributed by atoms with Gasteiger partial charge in [-0.25, -0.2) is 8.42 Å². The molecule has 1 aliphatic rings. The van der Waals surface area contributed by atoms with Crippen LogP contribution < -0.4 is 5.32 Å². The van der Waals surface area contributed by atoms with Crippen molar-refractivity contribution in [3.8, 4) is 0 Å². The molecule has 0 bridgehead atoms. The van der Waals surface area contributed by atoms with Crippen LogP contribution in [0.2, 0.25) is 10.0 Å². The van der Waals surface area contributed by atoms with Crippen LogP contribution in [-0.2, 0) is 9.84 Å². The highest BCUT2D eigenvalue weighted by molar-refractivity contribution is 7.92. The molecule has 0 amide bonds. The van der Waals surface area contributed by atoms with Gasteiger partial charge < -0.3 is 5.32 Å². The number of hydrogen-bond acceptors (Lipinski definition) is 3. The van der Waals surface area contributed by atoms with Crippen LogP contribution in [0.15, 0.2) is 23.1 Å². The Morgan fingerprint density at radius 2 is 1.94 bits per heavy atom. The molecule has 1 fully saturated rings. The summed E-state index contributed by atoms with van der Waals surface area (Å²) in [5.41, 5.74) is 0. The van der Waals surface area contributed by atoms with Crippen molar-refractivity contribution >= 4 is 33.0 Å². The van der Waals surface area contributed by atoms with E-state index in [0.29, 0.717) is 11.4 Å². The predicted molar refractivity (Wildman–Crippen MR) is 74.1 cm³/mol. The molecule has 1 saturated carbocycles. The minimum absolute atomic E-state index is 0.0180. The minimum Gasteiger partial charge on any atom is -0.316 e. The molecule has 0 heterocycles. The summed E-state index contributed by atoms with van der Waals surface area (Å²) in [5.74, 6) is 0. The Balaban J connectivity index is 2.38. The van der Waals surface area contributed by atoms with Gasteiger partial charge in [-0.1, -0.05) is 29.6 Å². The molecule has 1 aliphatic carbocycles. The Kier molecular flexibility index (Phi) is 4.22. The number of benzene rings is 1. The first-order valence-electron chi connectivity index (χ1n) is 5.83. The number of halogens is 2. The van der Waals surface area contributed by atoms with E-state index >= 15 is 0 Å². The molecule has 1 aromatic carbocycles. The molecule has 0 spiro atoms. The van der Waals surface area contributed by atoms with Gasteiger partial charge in [0.15, 0.2) is 9.84 Å². The van der Waals surface area contributed by atoms with Gasteiger partial charge in [0.05, 0.1) is 20.2 Å². The molecule has 18 heavy (non-hydrogen) atoms. The minimum atomic E-state index is -3.34. The molecule has 0 radical (unpaired) electrons. The van der Waals surface area contributed by atoms with Crippen molar-refractivity contribution in [2.24, 2.45) is 0 Å². The van der Waals surface area contributed by atoms with Crippen molar-refractivity contribution in [3.63, 3.8) is 0 Å². The molecule has 1 N–H and O–H groups in total. The average Bonchev–Trinajstić information content (AvgIpc) is 2.81. The second kappa shape index (κ2) is 5.37. The fraction of sp³-hybridized carbons (Fsp3) is 0.500. The quantitative estimate of drug-likeness (QED) is 0.934. The number of hydrogen-bond donors (Lipinski definition) is 1. The Morgan fingerprint density at radius 3 is 2.56 bits per heavy atom. The van der Waals surface area contributed by atoms with E-state index in [1.54, 1.807) is 7.05 Å². The first-order valence-corrected chi connectivity index (χ1v) is 8.13. The van der Waals surface area contributed by atoms with Crippen molar-refractivity contribution in [3.05, 3.63) is 28.2 Å². The monoisotopic (exact) mass is 307 g/mol. The van der Waals surface area contributed by atoms with Crippen molar-refractivity contribution in [1.29, 1.82) is 0 Å². The first kappa shape index (κ1) is 14.1. The molecule has 6 heteroatoms. The Bertz CT molecular complexity index is 545. The third kappa shape index (κ3) is 2.52. The predicted octanol–water partition coefficient (Wildman–Crippen LogP) is 2.91. The van der Waals surface area contributed by atoms with Gasteiger partial charge in [0.2, 0.25) is 0 Å². The highest BCUT2D eigenvalue weighted by Gasteiger charge is 2.37. The third-order valence-electron chi connectivity index (χ3n) is 3.44. The molecule has 0 aromatic heterocycles. The van der Waals surface area contributed by atoms with Gasteiger partial charge in [-0.05, 0) is 38.1 Å². The zero-order valence-corrected chi connectivity index (χ0v) is 12.3. The maximum absolute atomic E-state index is 12.5. The molecule has 1 aromatic rings. The van der Waals surface area contributed by atoms with Gasteiger partial charge in [-0.2, -0.15) is 0 Å². The van der Waals surface area contributed by atoms with Crippen LogP contribution >= 0.6 is 23.2 Å². The van der Waals surface area contributed by atoms with Gasteiger partial charge >= 0.3 is 0 Å². The zero-order valence-electron chi connectivity index (χ0n) is 9.99. The lowest BCUT2D eigenvalue weighted by Gasteiger charge is -2.19. The third-order valence-corrected chi connectivity index (χ3v) is 6.45. The van der Waals surface area contributed by atoms with Crippen molar-refractivity contribution in [2.45, 2.75) is 35.4 Å². The largest absolute Gasteiger partial charge is 0.316 e. The van der Waals surface area contributed by atoms with Crippen LogP contribution in [0.5, 0.6) is 0 Å². The maximum Gasteiger partial charge on any atom is 0.182 e. The summed E-state index contributed by atoms with van der Waals surface area (Å²) in [6, 6.07) is 4.50. The molecule has 100 valence electrons. The molecule has 0 saturated heterocycles. The second-order valence-electron chi connectivity index (χ2n) is 4.49. The fourth-order valence-corrected chi connectivity index (χ4v) is 4.89. The maximum atomic E-state index is 12.5. The summed E-state index contributed by atoms with van der Waals surface area (Å²) < 4.78 is 25.1. The Labute approximate surface area is 117 Å². The topological polar surface area (TPSA) is 46.2 Å². The molecular formula is C12H15Cl2NO2S. The van der Waals surface area contributed by atoms with Crippen molar-refractivity contribution < 1.29 is 8.42 Å². The first-order chi connectivity index (χ1) is 8.46. The van der Waals surface area contributed by atoms with Crippen molar-refractivity contribution in [1.82, 2.24) is 5.32 Å². The van der Waals surface area contributed by atoms with E-state index in [1.165, 1.54) is 18.2 Å². The fourth-order valence-electron chi connectivity index (χ4n) is 2.46. The molecule has 2 atom stereocenters. The Hall–Kier alpha value is -0.290. The molecule has 2 rings (SSSR count). The van der Waals surface area contributed by atoms with Gasteiger partial charge in [0.1, 0.15) is 0 Å². The van der Waals surface area contributed by atoms with Gasteiger partial charge in [0, 0.05) is 6.04 Å². The van der Waals surface area contributed by atoms with Crippen LogP contribution in [0.1, 0.15) is 19.3 Å². The number of nitrogens with one attached hydrogen (secondary N) is 1. The lowest BCUT2D eigenvalue weighted by Crippen LogP contribution is -2.38.